The lowest BCUT2D eigenvalue weighted by Gasteiger charge is -2.48. The first-order valence-electron chi connectivity index (χ1n) is 11.6. The van der Waals surface area contributed by atoms with Crippen molar-refractivity contribution in [2.45, 2.75) is 96.5 Å². The zero-order valence-electron chi connectivity index (χ0n) is 22.8. The molecule has 0 aromatic rings. The maximum absolute atomic E-state index is 15.7. The standard InChI is InChI=1S/C23H34FNO14/c1-10(26)34-9-14(35-11(2)27)16(36-12(3)28)17-15(25-21(31)39-22(5,6)7)18(37-13(4)29)19(24)23(32,38-17)20(30)33-8/h14-19,32H,9H2,1-8H3,(H,25,31)/t14-,15+,16-,17?,18?,19?,23+/m1/s1. The number of aliphatic hydroxyl groups is 1. The third kappa shape index (κ3) is 9.62. The second-order valence-electron chi connectivity index (χ2n) is 9.44. The third-order valence-corrected chi connectivity index (χ3v) is 4.91. The summed E-state index contributed by atoms with van der Waals surface area (Å²) in [6.45, 7) is 7.58. The monoisotopic (exact) mass is 567 g/mol. The minimum Gasteiger partial charge on any atom is -0.465 e. The van der Waals surface area contributed by atoms with Gasteiger partial charge in [-0.05, 0) is 20.8 Å². The van der Waals surface area contributed by atoms with E-state index in [-0.39, 0.29) is 0 Å². The molecule has 1 fully saturated rings. The average Bonchev–Trinajstić information content (AvgIpc) is 2.77. The van der Waals surface area contributed by atoms with Crippen molar-refractivity contribution in [1.29, 1.82) is 0 Å². The van der Waals surface area contributed by atoms with Crippen molar-refractivity contribution in [1.82, 2.24) is 5.32 Å². The van der Waals surface area contributed by atoms with Crippen molar-refractivity contribution in [3.63, 3.8) is 0 Å². The number of methoxy groups -OCH3 is 1. The minimum absolute atomic E-state index is 0.750. The van der Waals surface area contributed by atoms with E-state index >= 15 is 4.39 Å². The van der Waals surface area contributed by atoms with E-state index in [0.29, 0.717) is 0 Å². The van der Waals surface area contributed by atoms with Crippen LogP contribution in [0.4, 0.5) is 9.18 Å². The quantitative estimate of drug-likeness (QED) is 0.275. The molecule has 0 aliphatic carbocycles. The van der Waals surface area contributed by atoms with Gasteiger partial charge in [0.1, 0.15) is 24.4 Å². The summed E-state index contributed by atoms with van der Waals surface area (Å²) in [6, 6.07) is -1.86. The van der Waals surface area contributed by atoms with Gasteiger partial charge < -0.3 is 43.6 Å². The highest BCUT2D eigenvalue weighted by Crippen LogP contribution is 2.36. The normalized spacial score (nSPS) is 26.2. The number of amides is 1. The summed E-state index contributed by atoms with van der Waals surface area (Å²) in [7, 11) is 0.795. The van der Waals surface area contributed by atoms with Crippen molar-refractivity contribution >= 4 is 35.9 Å². The molecule has 1 aliphatic rings. The van der Waals surface area contributed by atoms with Gasteiger partial charge in [-0.1, -0.05) is 0 Å². The van der Waals surface area contributed by atoms with E-state index in [4.69, 9.17) is 28.4 Å². The molecule has 0 saturated carbocycles. The summed E-state index contributed by atoms with van der Waals surface area (Å²) < 4.78 is 50.9. The van der Waals surface area contributed by atoms with Gasteiger partial charge in [-0.15, -0.1) is 0 Å². The number of carbonyl (C=O) groups is 6. The Bertz CT molecular complexity index is 950. The van der Waals surface area contributed by atoms with Crippen LogP contribution in [0.2, 0.25) is 0 Å². The molecule has 15 nitrogen and oxygen atoms in total. The maximum atomic E-state index is 15.7. The SMILES string of the molecule is COC(=O)[C@@]1(O)OC([C@H](OC(C)=O)[C@@H](COC(C)=O)OC(C)=O)[C@H](NC(=O)OC(C)(C)C)C(OC(C)=O)C1F. The predicted octanol–water partition coefficient (Wildman–Crippen LogP) is -0.164. The number of alkyl carbamates (subject to hydrolysis) is 1. The molecule has 0 bridgehead atoms. The van der Waals surface area contributed by atoms with E-state index in [1.807, 2.05) is 0 Å². The van der Waals surface area contributed by atoms with Gasteiger partial charge in [-0.2, -0.15) is 0 Å². The Labute approximate surface area is 223 Å². The van der Waals surface area contributed by atoms with E-state index in [9.17, 15) is 33.9 Å². The van der Waals surface area contributed by atoms with Crippen molar-refractivity contribution < 1.29 is 71.4 Å². The van der Waals surface area contributed by atoms with Gasteiger partial charge in [-0.3, -0.25) is 19.2 Å². The molecule has 1 heterocycles. The number of esters is 5. The minimum atomic E-state index is -3.48. The Balaban J connectivity index is 3.82. The zero-order chi connectivity index (χ0) is 30.3. The predicted molar refractivity (Wildman–Crippen MR) is 123 cm³/mol. The number of nitrogens with one attached hydrogen (secondary N) is 1. The molecule has 1 rings (SSSR count). The number of alkyl halides is 1. The van der Waals surface area contributed by atoms with Gasteiger partial charge >= 0.3 is 41.7 Å². The highest BCUT2D eigenvalue weighted by molar-refractivity contribution is 5.79. The second kappa shape index (κ2) is 13.5. The first-order valence-corrected chi connectivity index (χ1v) is 11.6. The molecule has 222 valence electrons. The highest BCUT2D eigenvalue weighted by Gasteiger charge is 2.64. The fourth-order valence-electron chi connectivity index (χ4n) is 3.60. The number of halogens is 1. The van der Waals surface area contributed by atoms with Crippen molar-refractivity contribution in [2.75, 3.05) is 13.7 Å². The molecular weight excluding hydrogens is 533 g/mol. The average molecular weight is 568 g/mol. The van der Waals surface area contributed by atoms with Crippen LogP contribution in [-0.2, 0) is 57.1 Å². The summed E-state index contributed by atoms with van der Waals surface area (Å²) in [4.78, 5) is 72.4. The van der Waals surface area contributed by atoms with Crippen molar-refractivity contribution in [2.24, 2.45) is 0 Å². The summed E-state index contributed by atoms with van der Waals surface area (Å²) >= 11 is 0. The number of hydrogen-bond donors (Lipinski definition) is 2. The van der Waals surface area contributed by atoms with E-state index in [2.05, 4.69) is 10.1 Å². The smallest absolute Gasteiger partial charge is 0.408 e. The van der Waals surface area contributed by atoms with Crippen molar-refractivity contribution in [3.05, 3.63) is 0 Å². The van der Waals surface area contributed by atoms with Gasteiger partial charge in [0.25, 0.3) is 0 Å². The summed E-state index contributed by atoms with van der Waals surface area (Å²) in [5, 5.41) is 13.2. The third-order valence-electron chi connectivity index (χ3n) is 4.91. The molecule has 16 heteroatoms. The highest BCUT2D eigenvalue weighted by atomic mass is 19.1. The van der Waals surface area contributed by atoms with E-state index < -0.39 is 90.6 Å². The Hall–Kier alpha value is -3.53. The van der Waals surface area contributed by atoms with E-state index in [0.717, 1.165) is 34.8 Å². The molecule has 1 saturated heterocycles. The van der Waals surface area contributed by atoms with Gasteiger partial charge in [0.15, 0.2) is 18.3 Å². The Morgan fingerprint density at radius 2 is 1.54 bits per heavy atom. The number of carbonyl (C=O) groups excluding carboxylic acids is 6. The molecule has 0 aromatic heterocycles. The molecule has 1 aliphatic heterocycles. The van der Waals surface area contributed by atoms with E-state index in [1.54, 1.807) is 0 Å². The fraction of sp³-hybridized carbons (Fsp3) is 0.739. The Morgan fingerprint density at radius 1 is 0.974 bits per heavy atom. The van der Waals surface area contributed by atoms with Crippen LogP contribution < -0.4 is 5.32 Å². The van der Waals surface area contributed by atoms with Crippen LogP contribution in [0.1, 0.15) is 48.5 Å². The molecule has 0 radical (unpaired) electrons. The first kappa shape index (κ1) is 33.5. The maximum Gasteiger partial charge on any atom is 0.408 e. The van der Waals surface area contributed by atoms with E-state index in [1.165, 1.54) is 20.8 Å². The summed E-state index contributed by atoms with van der Waals surface area (Å²) in [5.41, 5.74) is -1.07. The van der Waals surface area contributed by atoms with Crippen LogP contribution in [0.5, 0.6) is 0 Å². The van der Waals surface area contributed by atoms with Gasteiger partial charge in [0.2, 0.25) is 6.17 Å². The molecular formula is C23H34FNO14. The summed E-state index contributed by atoms with van der Waals surface area (Å²) in [6.07, 6.45) is -11.9. The molecule has 2 N–H and O–H groups in total. The Morgan fingerprint density at radius 3 is 1.97 bits per heavy atom. The lowest BCUT2D eigenvalue weighted by Crippen LogP contribution is -2.74. The second-order valence-corrected chi connectivity index (χ2v) is 9.44. The lowest BCUT2D eigenvalue weighted by molar-refractivity contribution is -0.323. The topological polar surface area (TPSA) is 199 Å². The van der Waals surface area contributed by atoms with Crippen LogP contribution in [0.3, 0.4) is 0 Å². The molecule has 3 unspecified atom stereocenters. The van der Waals surface area contributed by atoms with Crippen LogP contribution >= 0.6 is 0 Å². The van der Waals surface area contributed by atoms with Crippen LogP contribution in [-0.4, -0.2) is 103 Å². The molecule has 39 heavy (non-hydrogen) atoms. The lowest BCUT2D eigenvalue weighted by atomic mass is 9.87. The number of ether oxygens (including phenoxy) is 7. The van der Waals surface area contributed by atoms with Crippen LogP contribution in [0, 0.1) is 0 Å². The van der Waals surface area contributed by atoms with Gasteiger partial charge in [-0.25, -0.2) is 14.0 Å². The van der Waals surface area contributed by atoms with Crippen LogP contribution in [0.15, 0.2) is 0 Å². The molecule has 0 spiro atoms. The van der Waals surface area contributed by atoms with Gasteiger partial charge in [0, 0.05) is 27.7 Å². The zero-order valence-corrected chi connectivity index (χ0v) is 22.8. The van der Waals surface area contributed by atoms with Crippen LogP contribution in [0.25, 0.3) is 0 Å². The largest absolute Gasteiger partial charge is 0.465 e. The van der Waals surface area contributed by atoms with Gasteiger partial charge in [0.05, 0.1) is 7.11 Å². The molecule has 1 amide bonds. The summed E-state index contributed by atoms with van der Waals surface area (Å²) in [5.74, 6) is -9.10. The fourth-order valence-corrected chi connectivity index (χ4v) is 3.60. The molecule has 7 atom stereocenters. The number of rotatable bonds is 9. The first-order chi connectivity index (χ1) is 17.8. The van der Waals surface area contributed by atoms with Crippen molar-refractivity contribution in [3.8, 4) is 0 Å². The molecule has 0 aromatic carbocycles. The number of hydrogen-bond acceptors (Lipinski definition) is 14. The Kier molecular flexibility index (Phi) is 11.6.